The molecule has 0 N–H and O–H groups in total. The summed E-state index contributed by atoms with van der Waals surface area (Å²) in [4.78, 5) is 0. The van der Waals surface area contributed by atoms with Crippen LogP contribution in [0.5, 0.6) is 0 Å². The first kappa shape index (κ1) is 50.0. The first-order valence-corrected chi connectivity index (χ1v) is 20.2. The van der Waals surface area contributed by atoms with E-state index in [0.717, 1.165) is 0 Å². The van der Waals surface area contributed by atoms with Gasteiger partial charge in [0.05, 0.1) is 0 Å². The number of rotatable bonds is 3. The van der Waals surface area contributed by atoms with Crippen molar-refractivity contribution in [3.63, 3.8) is 0 Å². The highest BCUT2D eigenvalue weighted by Crippen LogP contribution is 2.33. The molecule has 0 fully saturated rings. The average molecular weight is 802 g/mol. The molecule has 0 aliphatic rings. The lowest BCUT2D eigenvalue weighted by Gasteiger charge is -2.32. The van der Waals surface area contributed by atoms with E-state index in [9.17, 15) is 0 Å². The Morgan fingerprint density at radius 3 is 0.696 bits per heavy atom. The molecule has 0 spiro atoms. The van der Waals surface area contributed by atoms with Gasteiger partial charge < -0.3 is 4.42 Å². The van der Waals surface area contributed by atoms with E-state index in [1.807, 2.05) is 0 Å². The smallest absolute Gasteiger partial charge is 0.128 e. The molecule has 0 aliphatic heterocycles. The fourth-order valence-corrected chi connectivity index (χ4v) is 9.68. The van der Waals surface area contributed by atoms with Crippen molar-refractivity contribution in [1.29, 1.82) is 0 Å². The van der Waals surface area contributed by atoms with Crippen LogP contribution in [0.4, 0.5) is 0 Å². The zero-order valence-corrected chi connectivity index (χ0v) is 36.4. The molecule has 1 aromatic heterocycles. The van der Waals surface area contributed by atoms with Crippen LogP contribution in [0.3, 0.4) is 0 Å². The molecule has 252 valence electrons. The monoisotopic (exact) mass is 806 g/mol. The minimum absolute atomic E-state index is 0.00629. The van der Waals surface area contributed by atoms with Crippen molar-refractivity contribution in [2.45, 2.75) is 0 Å². The van der Waals surface area contributed by atoms with Gasteiger partial charge in [-0.15, -0.1) is 43.7 Å². The molecule has 0 unspecified atom stereocenters. The first-order chi connectivity index (χ1) is 32.2. The summed E-state index contributed by atoms with van der Waals surface area (Å²) in [5.41, 5.74) is -3.65. The lowest BCUT2D eigenvalue weighted by molar-refractivity contribution is 0.675. The highest BCUT2D eigenvalue weighted by molar-refractivity contribution is 6.77. The molecular formula is C42B26O. The van der Waals surface area contributed by atoms with Crippen molar-refractivity contribution in [1.82, 2.24) is 0 Å². The second kappa shape index (κ2) is 16.8. The van der Waals surface area contributed by atoms with Gasteiger partial charge in [-0.3, -0.25) is 0 Å². The fraction of sp³-hybridized carbons (Fsp3) is 0. The minimum atomic E-state index is -0.254. The van der Waals surface area contributed by atoms with Crippen LogP contribution < -0.4 is 142 Å². The van der Waals surface area contributed by atoms with Gasteiger partial charge in [0.25, 0.3) is 0 Å². The average Bonchev–Trinajstić information content (AvgIpc) is 3.72. The summed E-state index contributed by atoms with van der Waals surface area (Å²) in [6.07, 6.45) is 0. The summed E-state index contributed by atoms with van der Waals surface area (Å²) in [7, 11) is 174. The van der Waals surface area contributed by atoms with Crippen molar-refractivity contribution >= 4 is 400 Å². The van der Waals surface area contributed by atoms with Crippen molar-refractivity contribution in [2.24, 2.45) is 0 Å². The Bertz CT molecular complexity index is 3890. The van der Waals surface area contributed by atoms with Crippen molar-refractivity contribution in [3.05, 3.63) is 0 Å². The number of hydrogen-bond donors (Lipinski definition) is 0. The lowest BCUT2D eigenvalue weighted by atomic mass is 9.55. The molecule has 1 heterocycles. The number of hydrogen-bond acceptors (Lipinski definition) is 1. The van der Waals surface area contributed by atoms with Crippen molar-refractivity contribution in [2.75, 3.05) is 0 Å². The summed E-state index contributed by atoms with van der Waals surface area (Å²) < 4.78 is 6.16. The normalized spacial score (nSPS) is 11.8. The molecule has 0 bridgehead atoms. The van der Waals surface area contributed by atoms with Crippen LogP contribution in [-0.4, -0.2) is 204 Å². The van der Waals surface area contributed by atoms with E-state index >= 15 is 0 Å². The van der Waals surface area contributed by atoms with Crippen LogP contribution in [0.15, 0.2) is 4.42 Å². The van der Waals surface area contributed by atoms with Gasteiger partial charge in [0.1, 0.15) is 215 Å². The number of benzene rings is 8. The number of furan rings is 1. The van der Waals surface area contributed by atoms with Crippen LogP contribution in [-0.2, 0) is 0 Å². The third-order valence-corrected chi connectivity index (χ3v) is 13.4. The molecular weight excluding hydrogens is 802 g/mol. The molecule has 0 saturated heterocycles. The largest absolute Gasteiger partial charge is 0.457 e. The number of fused-ring (bicyclic) bond motifs is 9. The van der Waals surface area contributed by atoms with Crippen LogP contribution in [0.2, 0.25) is 0 Å². The Morgan fingerprint density at radius 2 is 0.319 bits per heavy atom. The second-order valence-electron chi connectivity index (χ2n) is 16.8. The third-order valence-electron chi connectivity index (χ3n) is 13.4. The van der Waals surface area contributed by atoms with E-state index in [-0.39, 0.29) is 230 Å². The van der Waals surface area contributed by atoms with Gasteiger partial charge in [0.2, 0.25) is 0 Å². The van der Waals surface area contributed by atoms with Crippen LogP contribution in [0.25, 0.3) is 87.6 Å². The van der Waals surface area contributed by atoms with Gasteiger partial charge in [-0.1, -0.05) is 98.3 Å². The Hall–Kier alpha value is -3.97. The molecule has 52 radical (unpaired) electrons. The zero-order valence-electron chi connectivity index (χ0n) is 36.4. The minimum Gasteiger partial charge on any atom is -0.457 e. The maximum absolute atomic E-state index is 7.18. The molecule has 27 heteroatoms. The maximum Gasteiger partial charge on any atom is 0.128 e. The summed E-state index contributed by atoms with van der Waals surface area (Å²) >= 11 is 0. The molecule has 9 rings (SSSR count). The Morgan fingerprint density at radius 1 is 0.130 bits per heavy atom. The van der Waals surface area contributed by atoms with E-state index < -0.39 is 0 Å². The highest BCUT2D eigenvalue weighted by atomic mass is 16.3. The highest BCUT2D eigenvalue weighted by Gasteiger charge is 2.29. The van der Waals surface area contributed by atoms with Gasteiger partial charge in [-0.05, 0) is 65.7 Å². The molecule has 9 aromatic rings. The fourth-order valence-electron chi connectivity index (χ4n) is 9.68. The Labute approximate surface area is 435 Å². The second-order valence-corrected chi connectivity index (χ2v) is 16.8. The van der Waals surface area contributed by atoms with Crippen LogP contribution >= 0.6 is 0 Å². The predicted octanol–water partition coefficient (Wildman–Crippen LogP) is -19.3. The van der Waals surface area contributed by atoms with Crippen LogP contribution in [0, 0.1) is 0 Å². The van der Waals surface area contributed by atoms with Gasteiger partial charge in [0, 0.05) is 10.8 Å². The zero-order chi connectivity index (χ0) is 51.0. The first-order valence-electron chi connectivity index (χ1n) is 20.2. The summed E-state index contributed by atoms with van der Waals surface area (Å²) in [5, 5.41) is 1.20. The van der Waals surface area contributed by atoms with Gasteiger partial charge in [-0.25, -0.2) is 0 Å². The Kier molecular flexibility index (Phi) is 12.2. The third kappa shape index (κ3) is 6.41. The van der Waals surface area contributed by atoms with Crippen molar-refractivity contribution < 1.29 is 4.42 Å². The molecule has 8 aromatic carbocycles. The van der Waals surface area contributed by atoms with Gasteiger partial charge in [-0.2, -0.15) is 0 Å². The molecule has 0 amide bonds. The van der Waals surface area contributed by atoms with E-state index in [0.29, 0.717) is 0 Å². The van der Waals surface area contributed by atoms with E-state index in [1.165, 1.54) is 0 Å². The van der Waals surface area contributed by atoms with Gasteiger partial charge >= 0.3 is 0 Å². The van der Waals surface area contributed by atoms with E-state index in [4.69, 9.17) is 208 Å². The standard InChI is InChI=1S/C42B26O/c43-15-1-2(4-6(21(49)35(63)33(61)19(4)47)5-3(1)18(46)32(60)34(62)20(5)48)17(45)23(51)10(15)12-24(52)26(54)13(27(55)25(12)53)11-16(44)9(28(56)31(59)29(11)57)7-8-14-30(58)36(64)38(66)40(68)42(14)69-41(8)39(67)37(65)22(7)50. The molecule has 69 heavy (non-hydrogen) atoms. The van der Waals surface area contributed by atoms with E-state index in [1.54, 1.807) is 0 Å². The SMILES string of the molecule is [B]c1c([B])c(-c2c([B])c([B])c(-c3c([B])c([B])c4c5c([B])c([B])c([B])c([B])c5c5c([B])c([B])c([B])c([B])c5c4c3[B])c([B])c2[B])c([B])c(-c2c([B])c([B])c([B])c3oc4c([B])c([B])c([B])c([B])c4c23)c1[B]. The predicted molar refractivity (Wildman–Crippen MR) is 323 cm³/mol. The summed E-state index contributed by atoms with van der Waals surface area (Å²) in [6, 6.07) is 0. The topological polar surface area (TPSA) is 13.1 Å². The maximum atomic E-state index is 7.18. The lowest BCUT2D eigenvalue weighted by Crippen LogP contribution is -2.52. The molecule has 0 aliphatic carbocycles. The van der Waals surface area contributed by atoms with Crippen LogP contribution in [0.1, 0.15) is 0 Å². The molecule has 0 saturated carbocycles. The molecule has 0 atom stereocenters. The van der Waals surface area contributed by atoms with Gasteiger partial charge in [0.15, 0.2) is 0 Å². The Balaban J connectivity index is 1.42. The molecule has 1 nitrogen and oxygen atoms in total. The van der Waals surface area contributed by atoms with E-state index in [2.05, 4.69) is 0 Å². The van der Waals surface area contributed by atoms with Crippen molar-refractivity contribution in [3.8, 4) is 33.4 Å². The summed E-state index contributed by atoms with van der Waals surface area (Å²) in [6.45, 7) is 0. The quantitative estimate of drug-likeness (QED) is 0.128. The summed E-state index contributed by atoms with van der Waals surface area (Å²) in [5.74, 6) is 0.